The van der Waals surface area contributed by atoms with Gasteiger partial charge in [0.25, 0.3) is 5.91 Å². The van der Waals surface area contributed by atoms with Crippen molar-refractivity contribution >= 4 is 5.91 Å². The Morgan fingerprint density at radius 2 is 2.05 bits per heavy atom. The molecule has 0 bridgehead atoms. The summed E-state index contributed by atoms with van der Waals surface area (Å²) in [7, 11) is 0. The maximum absolute atomic E-state index is 12.4. The minimum atomic E-state index is -0.0210. The lowest BCUT2D eigenvalue weighted by Gasteiger charge is -2.37. The van der Waals surface area contributed by atoms with Crippen LogP contribution in [0, 0.1) is 13.8 Å². The Hall–Kier alpha value is -1.40. The SMILES string of the molecule is Cc1nc(C)c(C(=O)N2CCN(C3CCNC3)CC2)o1. The highest BCUT2D eigenvalue weighted by molar-refractivity contribution is 5.92. The van der Waals surface area contributed by atoms with Crippen molar-refractivity contribution in [1.29, 1.82) is 0 Å². The zero-order valence-corrected chi connectivity index (χ0v) is 12.2. The first kappa shape index (κ1) is 13.6. The summed E-state index contributed by atoms with van der Waals surface area (Å²) in [6.07, 6.45) is 1.22. The van der Waals surface area contributed by atoms with Crippen LogP contribution in [0.4, 0.5) is 0 Å². The molecule has 1 amide bonds. The van der Waals surface area contributed by atoms with Crippen molar-refractivity contribution in [1.82, 2.24) is 20.1 Å². The quantitative estimate of drug-likeness (QED) is 0.849. The van der Waals surface area contributed by atoms with Gasteiger partial charge in [0.1, 0.15) is 0 Å². The summed E-state index contributed by atoms with van der Waals surface area (Å²) >= 11 is 0. The Bertz CT molecular complexity index is 485. The molecular formula is C14H22N4O2. The van der Waals surface area contributed by atoms with Crippen molar-refractivity contribution in [3.8, 4) is 0 Å². The first-order valence-electron chi connectivity index (χ1n) is 7.33. The Balaban J connectivity index is 1.60. The molecular weight excluding hydrogens is 256 g/mol. The normalized spacial score (nSPS) is 24.3. The van der Waals surface area contributed by atoms with Crippen molar-refractivity contribution < 1.29 is 9.21 Å². The summed E-state index contributed by atoms with van der Waals surface area (Å²) in [4.78, 5) is 21.0. The number of amides is 1. The van der Waals surface area contributed by atoms with Crippen LogP contribution in [0.25, 0.3) is 0 Å². The third-order valence-corrected chi connectivity index (χ3v) is 4.25. The van der Waals surface area contributed by atoms with E-state index in [1.807, 2.05) is 11.8 Å². The monoisotopic (exact) mass is 278 g/mol. The fourth-order valence-electron chi connectivity index (χ4n) is 3.11. The maximum Gasteiger partial charge on any atom is 0.291 e. The van der Waals surface area contributed by atoms with Gasteiger partial charge in [0, 0.05) is 45.7 Å². The van der Waals surface area contributed by atoms with Crippen molar-refractivity contribution in [2.75, 3.05) is 39.3 Å². The average molecular weight is 278 g/mol. The minimum absolute atomic E-state index is 0.0210. The van der Waals surface area contributed by atoms with E-state index in [-0.39, 0.29) is 5.91 Å². The van der Waals surface area contributed by atoms with Gasteiger partial charge in [-0.3, -0.25) is 9.69 Å². The van der Waals surface area contributed by atoms with Crippen LogP contribution in [0.1, 0.15) is 28.6 Å². The van der Waals surface area contributed by atoms with Crippen LogP contribution in [-0.2, 0) is 0 Å². The van der Waals surface area contributed by atoms with E-state index in [9.17, 15) is 4.79 Å². The largest absolute Gasteiger partial charge is 0.436 e. The highest BCUT2D eigenvalue weighted by Crippen LogP contribution is 2.16. The topological polar surface area (TPSA) is 61.6 Å². The Morgan fingerprint density at radius 3 is 2.60 bits per heavy atom. The van der Waals surface area contributed by atoms with Gasteiger partial charge in [-0.2, -0.15) is 0 Å². The molecule has 0 aromatic carbocycles. The maximum atomic E-state index is 12.4. The zero-order valence-electron chi connectivity index (χ0n) is 12.2. The van der Waals surface area contributed by atoms with Gasteiger partial charge in [0.05, 0.1) is 5.69 Å². The van der Waals surface area contributed by atoms with E-state index in [4.69, 9.17) is 4.42 Å². The molecule has 0 radical (unpaired) electrons. The first-order valence-corrected chi connectivity index (χ1v) is 7.33. The fraction of sp³-hybridized carbons (Fsp3) is 0.714. The number of carbonyl (C=O) groups is 1. The van der Waals surface area contributed by atoms with Crippen LogP contribution in [0.2, 0.25) is 0 Å². The molecule has 0 aliphatic carbocycles. The van der Waals surface area contributed by atoms with Gasteiger partial charge >= 0.3 is 0 Å². The van der Waals surface area contributed by atoms with Crippen molar-refractivity contribution in [3.63, 3.8) is 0 Å². The molecule has 1 aromatic heterocycles. The van der Waals surface area contributed by atoms with Crippen LogP contribution < -0.4 is 5.32 Å². The second kappa shape index (κ2) is 5.54. The van der Waals surface area contributed by atoms with Crippen molar-refractivity contribution in [2.24, 2.45) is 0 Å². The van der Waals surface area contributed by atoms with E-state index in [1.54, 1.807) is 6.92 Å². The average Bonchev–Trinajstić information content (AvgIpc) is 3.08. The van der Waals surface area contributed by atoms with Crippen molar-refractivity contribution in [3.05, 3.63) is 17.3 Å². The predicted molar refractivity (Wildman–Crippen MR) is 74.7 cm³/mol. The van der Waals surface area contributed by atoms with Crippen LogP contribution in [-0.4, -0.2) is 66.0 Å². The number of aryl methyl sites for hydroxylation is 2. The second-order valence-corrected chi connectivity index (χ2v) is 5.62. The number of oxazole rings is 1. The van der Waals surface area contributed by atoms with Gasteiger partial charge in [0.15, 0.2) is 5.89 Å². The van der Waals surface area contributed by atoms with E-state index in [0.29, 0.717) is 23.4 Å². The summed E-state index contributed by atoms with van der Waals surface area (Å²) in [6, 6.07) is 0.640. The van der Waals surface area contributed by atoms with Crippen LogP contribution in [0.15, 0.2) is 4.42 Å². The number of carbonyl (C=O) groups excluding carboxylic acids is 1. The minimum Gasteiger partial charge on any atom is -0.436 e. The van der Waals surface area contributed by atoms with Gasteiger partial charge in [0.2, 0.25) is 5.76 Å². The van der Waals surface area contributed by atoms with Gasteiger partial charge in [-0.25, -0.2) is 4.98 Å². The highest BCUT2D eigenvalue weighted by Gasteiger charge is 2.30. The van der Waals surface area contributed by atoms with E-state index in [1.165, 1.54) is 6.42 Å². The summed E-state index contributed by atoms with van der Waals surface area (Å²) in [5.41, 5.74) is 0.690. The van der Waals surface area contributed by atoms with Gasteiger partial charge < -0.3 is 14.6 Å². The molecule has 3 rings (SSSR count). The molecule has 1 N–H and O–H groups in total. The molecule has 0 spiro atoms. The lowest BCUT2D eigenvalue weighted by Crippen LogP contribution is -2.52. The predicted octanol–water partition coefficient (Wildman–Crippen LogP) is 0.411. The van der Waals surface area contributed by atoms with Crippen LogP contribution >= 0.6 is 0 Å². The van der Waals surface area contributed by atoms with Crippen LogP contribution in [0.3, 0.4) is 0 Å². The summed E-state index contributed by atoms with van der Waals surface area (Å²) in [5, 5.41) is 3.39. The molecule has 1 unspecified atom stereocenters. The molecule has 6 heteroatoms. The van der Waals surface area contributed by atoms with E-state index >= 15 is 0 Å². The number of hydrogen-bond donors (Lipinski definition) is 1. The molecule has 110 valence electrons. The summed E-state index contributed by atoms with van der Waals surface area (Å²) < 4.78 is 5.43. The van der Waals surface area contributed by atoms with E-state index in [2.05, 4.69) is 15.2 Å². The molecule has 0 saturated carbocycles. The van der Waals surface area contributed by atoms with E-state index in [0.717, 1.165) is 39.3 Å². The number of hydrogen-bond acceptors (Lipinski definition) is 5. The van der Waals surface area contributed by atoms with Gasteiger partial charge in [-0.05, 0) is 19.9 Å². The van der Waals surface area contributed by atoms with Crippen LogP contribution in [0.5, 0.6) is 0 Å². The molecule has 6 nitrogen and oxygen atoms in total. The second-order valence-electron chi connectivity index (χ2n) is 5.62. The lowest BCUT2D eigenvalue weighted by molar-refractivity contribution is 0.0552. The molecule has 2 fully saturated rings. The van der Waals surface area contributed by atoms with E-state index < -0.39 is 0 Å². The molecule has 3 heterocycles. The number of nitrogens with zero attached hydrogens (tertiary/aromatic N) is 3. The van der Waals surface area contributed by atoms with Crippen molar-refractivity contribution in [2.45, 2.75) is 26.3 Å². The molecule has 2 saturated heterocycles. The smallest absolute Gasteiger partial charge is 0.291 e. The molecule has 1 atom stereocenters. The number of piperazine rings is 1. The molecule has 2 aliphatic heterocycles. The third-order valence-electron chi connectivity index (χ3n) is 4.25. The number of nitrogens with one attached hydrogen (secondary N) is 1. The zero-order chi connectivity index (χ0) is 14.1. The third kappa shape index (κ3) is 2.58. The van der Waals surface area contributed by atoms with Gasteiger partial charge in [-0.1, -0.05) is 0 Å². The highest BCUT2D eigenvalue weighted by atomic mass is 16.4. The lowest BCUT2D eigenvalue weighted by atomic mass is 10.2. The number of aromatic nitrogens is 1. The Labute approximate surface area is 119 Å². The molecule has 20 heavy (non-hydrogen) atoms. The summed E-state index contributed by atoms with van der Waals surface area (Å²) in [5.74, 6) is 0.937. The first-order chi connectivity index (χ1) is 9.65. The Morgan fingerprint density at radius 1 is 1.30 bits per heavy atom. The molecule has 1 aromatic rings. The summed E-state index contributed by atoms with van der Waals surface area (Å²) in [6.45, 7) is 9.23. The van der Waals surface area contributed by atoms with Gasteiger partial charge in [-0.15, -0.1) is 0 Å². The number of rotatable bonds is 2. The Kier molecular flexibility index (Phi) is 3.76. The fourth-order valence-corrected chi connectivity index (χ4v) is 3.11. The molecule has 2 aliphatic rings. The standard InChI is InChI=1S/C14H22N4O2/c1-10-13(20-11(2)16-10)14(19)18-7-5-17(6-8-18)12-3-4-15-9-12/h12,15H,3-9H2,1-2H3.